The van der Waals surface area contributed by atoms with E-state index in [4.69, 9.17) is 18.9 Å². The average Bonchev–Trinajstić information content (AvgIpc) is 2.42. The van der Waals surface area contributed by atoms with Crippen molar-refractivity contribution < 1.29 is 29.2 Å². The second-order valence-corrected chi connectivity index (χ2v) is 7.94. The van der Waals surface area contributed by atoms with Crippen LogP contribution in [0.2, 0.25) is 0 Å². The first kappa shape index (κ1) is 25.8. The van der Waals surface area contributed by atoms with Gasteiger partial charge in [0.1, 0.15) is 6.10 Å². The molecule has 158 valence electrons. The molecule has 6 heteroatoms. The van der Waals surface area contributed by atoms with Crippen LogP contribution in [0.25, 0.3) is 0 Å². The van der Waals surface area contributed by atoms with Crippen molar-refractivity contribution in [2.24, 2.45) is 0 Å². The minimum atomic E-state index is -2.67. The molecule has 0 bridgehead atoms. The minimum absolute atomic E-state index is 0.137. The second-order valence-electron chi connectivity index (χ2n) is 7.94. The van der Waals surface area contributed by atoms with Gasteiger partial charge in [-0.3, -0.25) is 0 Å². The van der Waals surface area contributed by atoms with Gasteiger partial charge in [0.15, 0.2) is 0 Å². The fourth-order valence-electron chi connectivity index (χ4n) is 2.91. The molecule has 0 aromatic rings. The first-order valence-corrected chi connectivity index (χ1v) is 10.0. The summed E-state index contributed by atoms with van der Waals surface area (Å²) in [7, 11) is 0. The van der Waals surface area contributed by atoms with Crippen LogP contribution in [-0.2, 0) is 18.9 Å². The monoisotopic (exact) mass is 378 g/mol. The van der Waals surface area contributed by atoms with Crippen molar-refractivity contribution in [3.8, 4) is 0 Å². The molecule has 0 aromatic heterocycles. The standard InChI is InChI=1S/C20H42O6/c1-10-11-12-13-18(23-14(2)3)19(24-15(4)5,25-16(6)7)20(21,22)26-17(8)9/h14-18,21-22H,10-13H2,1-9H3. The Morgan fingerprint density at radius 3 is 1.50 bits per heavy atom. The first-order valence-electron chi connectivity index (χ1n) is 10.0. The summed E-state index contributed by atoms with van der Waals surface area (Å²) in [6.45, 7) is 16.7. The minimum Gasteiger partial charge on any atom is -0.370 e. The van der Waals surface area contributed by atoms with Crippen molar-refractivity contribution in [2.45, 2.75) is 130 Å². The molecule has 0 aliphatic rings. The largest absolute Gasteiger partial charge is 0.370 e. The number of ether oxygens (including phenoxy) is 4. The van der Waals surface area contributed by atoms with Crippen molar-refractivity contribution in [3.05, 3.63) is 0 Å². The van der Waals surface area contributed by atoms with E-state index in [-0.39, 0.29) is 18.3 Å². The number of hydrogen-bond donors (Lipinski definition) is 2. The molecule has 0 aliphatic carbocycles. The number of unbranched alkanes of at least 4 members (excludes halogenated alkanes) is 2. The van der Waals surface area contributed by atoms with Gasteiger partial charge in [-0.1, -0.05) is 26.2 Å². The summed E-state index contributed by atoms with van der Waals surface area (Å²) >= 11 is 0. The molecule has 0 heterocycles. The summed E-state index contributed by atoms with van der Waals surface area (Å²) in [5.41, 5.74) is 0. The van der Waals surface area contributed by atoms with E-state index >= 15 is 0 Å². The Bertz CT molecular complexity index is 355. The SMILES string of the molecule is CCCCCC(OC(C)C)C(OC(C)C)(OC(C)C)C(O)(O)OC(C)C. The molecule has 0 aliphatic heterocycles. The second kappa shape index (κ2) is 11.6. The van der Waals surface area contributed by atoms with E-state index in [1.807, 2.05) is 41.5 Å². The molecule has 0 aromatic carbocycles. The van der Waals surface area contributed by atoms with Gasteiger partial charge in [0, 0.05) is 0 Å². The summed E-state index contributed by atoms with van der Waals surface area (Å²) in [6.07, 6.45) is 1.54. The highest BCUT2D eigenvalue weighted by molar-refractivity contribution is 4.91. The van der Waals surface area contributed by atoms with Crippen molar-refractivity contribution in [2.75, 3.05) is 0 Å². The zero-order valence-corrected chi connectivity index (χ0v) is 18.2. The summed E-state index contributed by atoms with van der Waals surface area (Å²) in [4.78, 5) is 0. The summed E-state index contributed by atoms with van der Waals surface area (Å²) < 4.78 is 23.6. The van der Waals surface area contributed by atoms with Crippen LogP contribution < -0.4 is 0 Å². The third-order valence-electron chi connectivity index (χ3n) is 3.61. The van der Waals surface area contributed by atoms with Crippen molar-refractivity contribution in [3.63, 3.8) is 0 Å². The van der Waals surface area contributed by atoms with Gasteiger partial charge >= 0.3 is 5.97 Å². The Labute approximate surface area is 160 Å². The lowest BCUT2D eigenvalue weighted by molar-refractivity contribution is -0.509. The highest BCUT2D eigenvalue weighted by Crippen LogP contribution is 2.38. The lowest BCUT2D eigenvalue weighted by Gasteiger charge is -2.48. The van der Waals surface area contributed by atoms with Gasteiger partial charge in [-0.15, -0.1) is 0 Å². The van der Waals surface area contributed by atoms with Crippen LogP contribution in [0.5, 0.6) is 0 Å². The molecule has 0 fully saturated rings. The predicted octanol–water partition coefficient (Wildman–Crippen LogP) is 3.97. The van der Waals surface area contributed by atoms with E-state index in [1.165, 1.54) is 0 Å². The fraction of sp³-hybridized carbons (Fsp3) is 1.00. The smallest absolute Gasteiger partial charge is 0.338 e. The number of aliphatic hydroxyl groups is 2. The van der Waals surface area contributed by atoms with Gasteiger partial charge in [0.2, 0.25) is 0 Å². The van der Waals surface area contributed by atoms with Crippen LogP contribution in [0.1, 0.15) is 88.0 Å². The molecule has 6 nitrogen and oxygen atoms in total. The number of rotatable bonds is 14. The molecule has 0 amide bonds. The maximum atomic E-state index is 10.9. The molecular formula is C20H42O6. The Morgan fingerprint density at radius 2 is 1.15 bits per heavy atom. The van der Waals surface area contributed by atoms with Gasteiger partial charge in [0.25, 0.3) is 5.79 Å². The van der Waals surface area contributed by atoms with Crippen molar-refractivity contribution >= 4 is 0 Å². The molecule has 2 N–H and O–H groups in total. The molecule has 0 radical (unpaired) electrons. The maximum Gasteiger partial charge on any atom is 0.338 e. The Balaban J connectivity index is 6.10. The van der Waals surface area contributed by atoms with Crippen LogP contribution >= 0.6 is 0 Å². The van der Waals surface area contributed by atoms with Crippen LogP contribution in [0.4, 0.5) is 0 Å². The zero-order valence-electron chi connectivity index (χ0n) is 18.2. The maximum absolute atomic E-state index is 10.9. The van der Waals surface area contributed by atoms with E-state index in [0.29, 0.717) is 6.42 Å². The molecule has 0 saturated carbocycles. The van der Waals surface area contributed by atoms with Crippen LogP contribution in [-0.4, -0.2) is 52.5 Å². The van der Waals surface area contributed by atoms with Crippen molar-refractivity contribution in [1.29, 1.82) is 0 Å². The van der Waals surface area contributed by atoms with Gasteiger partial charge in [-0.05, 0) is 61.8 Å². The van der Waals surface area contributed by atoms with E-state index in [2.05, 4.69) is 6.92 Å². The molecule has 1 unspecified atom stereocenters. The highest BCUT2D eigenvalue weighted by Gasteiger charge is 2.61. The van der Waals surface area contributed by atoms with Gasteiger partial charge in [-0.2, -0.15) is 0 Å². The van der Waals surface area contributed by atoms with E-state index in [1.54, 1.807) is 13.8 Å². The normalized spacial score (nSPS) is 14.9. The predicted molar refractivity (Wildman–Crippen MR) is 103 cm³/mol. The van der Waals surface area contributed by atoms with Crippen LogP contribution in [0.15, 0.2) is 0 Å². The van der Waals surface area contributed by atoms with Crippen LogP contribution in [0, 0.1) is 0 Å². The summed E-state index contributed by atoms with van der Waals surface area (Å²) in [6, 6.07) is 0. The fourth-order valence-corrected chi connectivity index (χ4v) is 2.91. The zero-order chi connectivity index (χ0) is 20.5. The van der Waals surface area contributed by atoms with Crippen molar-refractivity contribution in [1.82, 2.24) is 0 Å². The lowest BCUT2D eigenvalue weighted by atomic mass is 9.98. The topological polar surface area (TPSA) is 77.4 Å². The van der Waals surface area contributed by atoms with E-state index < -0.39 is 24.0 Å². The molecule has 0 spiro atoms. The molecule has 1 atom stereocenters. The molecule has 0 saturated heterocycles. The van der Waals surface area contributed by atoms with Gasteiger partial charge in [-0.25, -0.2) is 0 Å². The van der Waals surface area contributed by atoms with Crippen LogP contribution in [0.3, 0.4) is 0 Å². The average molecular weight is 379 g/mol. The summed E-state index contributed by atoms with van der Waals surface area (Å²) in [5.74, 6) is -4.53. The number of hydrogen-bond acceptors (Lipinski definition) is 6. The highest BCUT2D eigenvalue weighted by atomic mass is 16.8. The third kappa shape index (κ3) is 8.19. The summed E-state index contributed by atoms with van der Waals surface area (Å²) in [5, 5.41) is 21.9. The molecule has 0 rings (SSSR count). The van der Waals surface area contributed by atoms with Gasteiger partial charge in [0.05, 0.1) is 24.4 Å². The van der Waals surface area contributed by atoms with E-state index in [0.717, 1.165) is 19.3 Å². The quantitative estimate of drug-likeness (QED) is 0.352. The lowest BCUT2D eigenvalue weighted by Crippen LogP contribution is -2.68. The Morgan fingerprint density at radius 1 is 0.692 bits per heavy atom. The Kier molecular flexibility index (Phi) is 11.5. The van der Waals surface area contributed by atoms with E-state index in [9.17, 15) is 10.2 Å². The Hall–Kier alpha value is -0.240. The molecular weight excluding hydrogens is 336 g/mol. The van der Waals surface area contributed by atoms with Gasteiger partial charge < -0.3 is 29.2 Å². The molecule has 26 heavy (non-hydrogen) atoms. The first-order chi connectivity index (χ1) is 11.9. The third-order valence-corrected chi connectivity index (χ3v) is 3.61.